The number of carbonyl (C=O) groups excluding carboxylic acids is 2. The van der Waals surface area contributed by atoms with Gasteiger partial charge in [-0.15, -0.1) is 0 Å². The van der Waals surface area contributed by atoms with E-state index in [9.17, 15) is 9.59 Å². The lowest BCUT2D eigenvalue weighted by Crippen LogP contribution is -2.34. The van der Waals surface area contributed by atoms with E-state index in [1.807, 2.05) is 6.92 Å². The third-order valence-corrected chi connectivity index (χ3v) is 1.98. The highest BCUT2D eigenvalue weighted by Crippen LogP contribution is 2.10. The average Bonchev–Trinajstić information content (AvgIpc) is 2.18. The molecule has 0 bridgehead atoms. The molecule has 1 unspecified atom stereocenters. The van der Waals surface area contributed by atoms with Crippen LogP contribution in [0, 0.1) is 5.92 Å². The van der Waals surface area contributed by atoms with Crippen LogP contribution in [0.15, 0.2) is 0 Å². The van der Waals surface area contributed by atoms with Gasteiger partial charge in [0.05, 0.1) is 6.61 Å². The molecule has 4 heteroatoms. The Balaban J connectivity index is 4.22. The van der Waals surface area contributed by atoms with Gasteiger partial charge in [0.15, 0.2) is 0 Å². The Hall–Kier alpha value is -1.06. The van der Waals surface area contributed by atoms with Crippen molar-refractivity contribution >= 4 is 11.9 Å². The molecule has 4 nitrogen and oxygen atoms in total. The Morgan fingerprint density at radius 3 is 2.43 bits per heavy atom. The molecule has 1 atom stereocenters. The van der Waals surface area contributed by atoms with E-state index in [0.29, 0.717) is 13.0 Å². The van der Waals surface area contributed by atoms with Crippen molar-refractivity contribution in [3.63, 3.8) is 0 Å². The van der Waals surface area contributed by atoms with Crippen molar-refractivity contribution in [1.29, 1.82) is 0 Å². The summed E-state index contributed by atoms with van der Waals surface area (Å²) >= 11 is 0. The Morgan fingerprint density at radius 1 is 1.36 bits per heavy atom. The van der Waals surface area contributed by atoms with Gasteiger partial charge in [-0.2, -0.15) is 0 Å². The molecule has 0 saturated heterocycles. The first-order valence-electron chi connectivity index (χ1n) is 5.05. The van der Waals surface area contributed by atoms with Crippen molar-refractivity contribution < 1.29 is 14.3 Å². The van der Waals surface area contributed by atoms with E-state index in [-0.39, 0.29) is 5.91 Å². The number of hydrogen-bond acceptors (Lipinski definition) is 3. The number of carbonyl (C=O) groups is 2. The summed E-state index contributed by atoms with van der Waals surface area (Å²) in [6.45, 7) is 4.07. The minimum Gasteiger partial charge on any atom is -0.465 e. The van der Waals surface area contributed by atoms with Gasteiger partial charge < -0.3 is 10.1 Å². The number of unbranched alkanes of at least 4 members (excludes halogenated alkanes) is 1. The fourth-order valence-electron chi connectivity index (χ4n) is 1.18. The topological polar surface area (TPSA) is 55.4 Å². The van der Waals surface area contributed by atoms with Gasteiger partial charge in [0.25, 0.3) is 0 Å². The fraction of sp³-hybridized carbons (Fsp3) is 0.800. The van der Waals surface area contributed by atoms with Crippen LogP contribution in [0.5, 0.6) is 0 Å². The smallest absolute Gasteiger partial charge is 0.318 e. The molecule has 82 valence electrons. The molecular formula is C10H19NO3. The van der Waals surface area contributed by atoms with Crippen molar-refractivity contribution in [3.8, 4) is 0 Å². The van der Waals surface area contributed by atoms with Crippen LogP contribution in [-0.4, -0.2) is 25.5 Å². The van der Waals surface area contributed by atoms with Crippen LogP contribution in [0.4, 0.5) is 0 Å². The van der Waals surface area contributed by atoms with Gasteiger partial charge in [-0.3, -0.25) is 9.59 Å². The molecule has 0 fully saturated rings. The van der Waals surface area contributed by atoms with Crippen molar-refractivity contribution in [2.45, 2.75) is 33.1 Å². The predicted molar refractivity (Wildman–Crippen MR) is 53.7 cm³/mol. The summed E-state index contributed by atoms with van der Waals surface area (Å²) in [4.78, 5) is 22.7. The van der Waals surface area contributed by atoms with Crippen molar-refractivity contribution in [2.75, 3.05) is 13.7 Å². The quantitative estimate of drug-likeness (QED) is 0.517. The Kier molecular flexibility index (Phi) is 6.80. The zero-order valence-electron chi connectivity index (χ0n) is 9.13. The molecule has 1 amide bonds. The molecule has 14 heavy (non-hydrogen) atoms. The molecular weight excluding hydrogens is 182 g/mol. The maximum atomic E-state index is 11.4. The zero-order valence-corrected chi connectivity index (χ0v) is 9.13. The van der Waals surface area contributed by atoms with Crippen LogP contribution >= 0.6 is 0 Å². The second-order valence-electron chi connectivity index (χ2n) is 3.06. The van der Waals surface area contributed by atoms with E-state index >= 15 is 0 Å². The summed E-state index contributed by atoms with van der Waals surface area (Å²) in [5.41, 5.74) is 0. The van der Waals surface area contributed by atoms with E-state index in [1.165, 1.54) is 7.05 Å². The summed E-state index contributed by atoms with van der Waals surface area (Å²) in [5, 5.41) is 2.47. The standard InChI is InChI=1S/C10H19NO3/c1-4-6-7-8(9(12)11-3)10(13)14-5-2/h8H,4-7H2,1-3H3,(H,11,12). The SMILES string of the molecule is CCCCC(C(=O)NC)C(=O)OCC. The van der Waals surface area contributed by atoms with Crippen LogP contribution in [-0.2, 0) is 14.3 Å². The largest absolute Gasteiger partial charge is 0.465 e. The van der Waals surface area contributed by atoms with Crippen molar-refractivity contribution in [2.24, 2.45) is 5.92 Å². The molecule has 0 rings (SSSR count). The molecule has 0 aliphatic heterocycles. The molecule has 0 heterocycles. The minimum absolute atomic E-state index is 0.253. The molecule has 0 saturated carbocycles. The number of rotatable bonds is 6. The maximum absolute atomic E-state index is 11.4. The van der Waals surface area contributed by atoms with E-state index in [1.54, 1.807) is 6.92 Å². The third kappa shape index (κ3) is 4.25. The first kappa shape index (κ1) is 12.9. The Bertz CT molecular complexity index is 192. The second kappa shape index (κ2) is 7.35. The first-order chi connectivity index (χ1) is 6.67. The van der Waals surface area contributed by atoms with Crippen molar-refractivity contribution in [1.82, 2.24) is 5.32 Å². The van der Waals surface area contributed by atoms with Gasteiger partial charge in [0, 0.05) is 7.05 Å². The molecule has 0 aliphatic carbocycles. The van der Waals surface area contributed by atoms with Gasteiger partial charge in [-0.25, -0.2) is 0 Å². The fourth-order valence-corrected chi connectivity index (χ4v) is 1.18. The molecule has 0 radical (unpaired) electrons. The lowest BCUT2D eigenvalue weighted by molar-refractivity contribution is -0.152. The highest BCUT2D eigenvalue weighted by atomic mass is 16.5. The van der Waals surface area contributed by atoms with E-state index < -0.39 is 11.9 Å². The minimum atomic E-state index is -0.639. The van der Waals surface area contributed by atoms with E-state index in [2.05, 4.69) is 5.32 Å². The second-order valence-corrected chi connectivity index (χ2v) is 3.06. The number of hydrogen-bond donors (Lipinski definition) is 1. The average molecular weight is 201 g/mol. The van der Waals surface area contributed by atoms with Crippen LogP contribution in [0.2, 0.25) is 0 Å². The normalized spacial score (nSPS) is 11.9. The monoisotopic (exact) mass is 201 g/mol. The number of nitrogens with one attached hydrogen (secondary N) is 1. The van der Waals surface area contributed by atoms with Gasteiger partial charge in [0.2, 0.25) is 5.91 Å². The highest BCUT2D eigenvalue weighted by molar-refractivity contribution is 5.97. The molecule has 0 aromatic heterocycles. The maximum Gasteiger partial charge on any atom is 0.318 e. The van der Waals surface area contributed by atoms with Gasteiger partial charge in [-0.1, -0.05) is 19.8 Å². The molecule has 0 aromatic carbocycles. The summed E-state index contributed by atoms with van der Waals surface area (Å²) in [6, 6.07) is 0. The van der Waals surface area contributed by atoms with E-state index in [0.717, 1.165) is 12.8 Å². The third-order valence-electron chi connectivity index (χ3n) is 1.98. The van der Waals surface area contributed by atoms with Crippen LogP contribution in [0.1, 0.15) is 33.1 Å². The van der Waals surface area contributed by atoms with Gasteiger partial charge in [-0.05, 0) is 13.3 Å². The van der Waals surface area contributed by atoms with Gasteiger partial charge >= 0.3 is 5.97 Å². The summed E-state index contributed by atoms with van der Waals surface area (Å²) in [6.07, 6.45) is 2.39. The predicted octanol–water partition coefficient (Wildman–Crippen LogP) is 1.10. The number of amides is 1. The summed E-state index contributed by atoms with van der Waals surface area (Å²) in [7, 11) is 1.53. The summed E-state index contributed by atoms with van der Waals surface area (Å²) < 4.78 is 4.82. The summed E-state index contributed by atoms with van der Waals surface area (Å²) in [5.74, 6) is -1.31. The molecule has 0 aromatic rings. The van der Waals surface area contributed by atoms with Crippen molar-refractivity contribution in [3.05, 3.63) is 0 Å². The highest BCUT2D eigenvalue weighted by Gasteiger charge is 2.25. The lowest BCUT2D eigenvalue weighted by Gasteiger charge is -2.13. The van der Waals surface area contributed by atoms with Crippen LogP contribution in [0.25, 0.3) is 0 Å². The Labute approximate surface area is 85.0 Å². The number of ether oxygens (including phenoxy) is 1. The van der Waals surface area contributed by atoms with E-state index in [4.69, 9.17) is 4.74 Å². The Morgan fingerprint density at radius 2 is 2.00 bits per heavy atom. The zero-order chi connectivity index (χ0) is 11.0. The van der Waals surface area contributed by atoms with Gasteiger partial charge in [0.1, 0.15) is 5.92 Å². The molecule has 0 spiro atoms. The molecule has 0 aliphatic rings. The molecule has 1 N–H and O–H groups in total. The first-order valence-corrected chi connectivity index (χ1v) is 5.05. The van der Waals surface area contributed by atoms with Crippen LogP contribution in [0.3, 0.4) is 0 Å². The number of esters is 1. The lowest BCUT2D eigenvalue weighted by atomic mass is 10.0. The van der Waals surface area contributed by atoms with Crippen LogP contribution < -0.4 is 5.32 Å².